The fraction of sp³-hybridized carbons (Fsp3) is 0.400. The zero-order chi connectivity index (χ0) is 9.73. The maximum atomic E-state index is 11.8. The van der Waals surface area contributed by atoms with Crippen molar-refractivity contribution in [2.45, 2.75) is 25.4 Å². The van der Waals surface area contributed by atoms with Crippen LogP contribution in [0, 0.1) is 0 Å². The van der Waals surface area contributed by atoms with Gasteiger partial charge in [-0.2, -0.15) is 13.2 Å². The fourth-order valence-corrected chi connectivity index (χ4v) is 1.12. The van der Waals surface area contributed by atoms with Gasteiger partial charge in [0.2, 0.25) is 0 Å². The van der Waals surface area contributed by atoms with Crippen molar-refractivity contribution in [1.82, 2.24) is 0 Å². The molecule has 0 heterocycles. The monoisotopic (exact) mass is 188 g/mol. The zero-order valence-electron chi connectivity index (χ0n) is 7.14. The SMILES string of the molecule is FC(F)(F)/C=C/C1=CCCC=CC1. The predicted molar refractivity (Wildman–Crippen MR) is 46.3 cm³/mol. The summed E-state index contributed by atoms with van der Waals surface area (Å²) in [6.07, 6.45) is 5.33. The van der Waals surface area contributed by atoms with Crippen molar-refractivity contribution in [1.29, 1.82) is 0 Å². The molecule has 72 valence electrons. The predicted octanol–water partition coefficient (Wildman–Crippen LogP) is 3.77. The Labute approximate surface area is 75.4 Å². The molecule has 0 spiro atoms. The summed E-state index contributed by atoms with van der Waals surface area (Å²) in [6, 6.07) is 0. The second kappa shape index (κ2) is 4.30. The van der Waals surface area contributed by atoms with Crippen molar-refractivity contribution in [3.63, 3.8) is 0 Å². The summed E-state index contributed by atoms with van der Waals surface area (Å²) in [4.78, 5) is 0. The van der Waals surface area contributed by atoms with Crippen LogP contribution in [0.3, 0.4) is 0 Å². The molecule has 13 heavy (non-hydrogen) atoms. The number of rotatable bonds is 1. The van der Waals surface area contributed by atoms with Crippen LogP contribution in [0.5, 0.6) is 0 Å². The molecule has 1 aliphatic carbocycles. The van der Waals surface area contributed by atoms with Crippen LogP contribution in [0.1, 0.15) is 19.3 Å². The number of halogens is 3. The molecule has 0 aromatic rings. The lowest BCUT2D eigenvalue weighted by Gasteiger charge is -1.99. The minimum atomic E-state index is -4.20. The molecule has 0 saturated carbocycles. The summed E-state index contributed by atoms with van der Waals surface area (Å²) >= 11 is 0. The maximum absolute atomic E-state index is 11.8. The van der Waals surface area contributed by atoms with Crippen molar-refractivity contribution in [3.8, 4) is 0 Å². The van der Waals surface area contributed by atoms with E-state index in [2.05, 4.69) is 0 Å². The topological polar surface area (TPSA) is 0 Å². The van der Waals surface area contributed by atoms with Gasteiger partial charge in [-0.3, -0.25) is 0 Å². The van der Waals surface area contributed by atoms with Crippen LogP contribution in [-0.2, 0) is 0 Å². The van der Waals surface area contributed by atoms with Crippen LogP contribution in [-0.4, -0.2) is 6.18 Å². The summed E-state index contributed by atoms with van der Waals surface area (Å²) < 4.78 is 35.3. The summed E-state index contributed by atoms with van der Waals surface area (Å²) in [5, 5.41) is 0. The molecule has 0 bridgehead atoms. The van der Waals surface area contributed by atoms with Crippen molar-refractivity contribution in [2.75, 3.05) is 0 Å². The van der Waals surface area contributed by atoms with Gasteiger partial charge in [0.1, 0.15) is 0 Å². The van der Waals surface area contributed by atoms with Crippen molar-refractivity contribution in [2.24, 2.45) is 0 Å². The summed E-state index contributed by atoms with van der Waals surface area (Å²) in [5.41, 5.74) is 0.742. The lowest BCUT2D eigenvalue weighted by Crippen LogP contribution is -2.00. The third-order valence-corrected chi connectivity index (χ3v) is 1.75. The van der Waals surface area contributed by atoms with E-state index < -0.39 is 6.18 Å². The van der Waals surface area contributed by atoms with Gasteiger partial charge in [-0.25, -0.2) is 0 Å². The molecule has 1 aliphatic rings. The first kappa shape index (κ1) is 10.1. The van der Waals surface area contributed by atoms with Crippen LogP contribution in [0.15, 0.2) is 36.0 Å². The zero-order valence-corrected chi connectivity index (χ0v) is 7.14. The first-order chi connectivity index (χ1) is 6.08. The first-order valence-electron chi connectivity index (χ1n) is 4.18. The molecule has 0 aliphatic heterocycles. The van der Waals surface area contributed by atoms with Crippen LogP contribution in [0.25, 0.3) is 0 Å². The lowest BCUT2D eigenvalue weighted by molar-refractivity contribution is -0.0798. The van der Waals surface area contributed by atoms with Crippen molar-refractivity contribution < 1.29 is 13.2 Å². The highest BCUT2D eigenvalue weighted by Gasteiger charge is 2.21. The van der Waals surface area contributed by atoms with Gasteiger partial charge in [-0.05, 0) is 24.8 Å². The Balaban J connectivity index is 2.57. The summed E-state index contributed by atoms with van der Waals surface area (Å²) in [6.45, 7) is 0. The van der Waals surface area contributed by atoms with Crippen molar-refractivity contribution >= 4 is 0 Å². The highest BCUT2D eigenvalue weighted by molar-refractivity contribution is 5.24. The molecule has 0 unspecified atom stereocenters. The van der Waals surface area contributed by atoms with Crippen LogP contribution in [0.2, 0.25) is 0 Å². The molecule has 0 aromatic carbocycles. The largest absolute Gasteiger partial charge is 0.409 e. The van der Waals surface area contributed by atoms with Crippen molar-refractivity contribution in [3.05, 3.63) is 36.0 Å². The summed E-state index contributed by atoms with van der Waals surface area (Å²) in [5.74, 6) is 0. The molecular formula is C10H11F3. The second-order valence-electron chi connectivity index (χ2n) is 2.91. The van der Waals surface area contributed by atoms with E-state index in [0.717, 1.165) is 24.5 Å². The van der Waals surface area contributed by atoms with Gasteiger partial charge in [0, 0.05) is 6.08 Å². The number of hydrogen-bond acceptors (Lipinski definition) is 0. The average Bonchev–Trinajstić information content (AvgIpc) is 2.26. The third-order valence-electron chi connectivity index (χ3n) is 1.75. The normalized spacial score (nSPS) is 18.8. The molecule has 1 rings (SSSR count). The molecule has 0 fully saturated rings. The fourth-order valence-electron chi connectivity index (χ4n) is 1.12. The number of allylic oxidation sites excluding steroid dienone is 6. The van der Waals surface area contributed by atoms with E-state index in [0.29, 0.717) is 6.42 Å². The molecular weight excluding hydrogens is 177 g/mol. The van der Waals surface area contributed by atoms with Crippen LogP contribution < -0.4 is 0 Å². The Hall–Kier alpha value is -0.990. The number of hydrogen-bond donors (Lipinski definition) is 0. The Morgan fingerprint density at radius 3 is 2.62 bits per heavy atom. The van der Waals surface area contributed by atoms with Gasteiger partial charge in [-0.1, -0.05) is 24.3 Å². The van der Waals surface area contributed by atoms with E-state index in [-0.39, 0.29) is 6.08 Å². The first-order valence-corrected chi connectivity index (χ1v) is 4.18. The Morgan fingerprint density at radius 1 is 1.15 bits per heavy atom. The molecule has 0 saturated heterocycles. The Kier molecular flexibility index (Phi) is 3.34. The highest BCUT2D eigenvalue weighted by Crippen LogP contribution is 2.19. The van der Waals surface area contributed by atoms with Gasteiger partial charge in [0.15, 0.2) is 0 Å². The minimum absolute atomic E-state index is 0.290. The molecule has 0 radical (unpaired) electrons. The van der Waals surface area contributed by atoms with E-state index in [1.807, 2.05) is 18.2 Å². The van der Waals surface area contributed by atoms with E-state index in [1.165, 1.54) is 0 Å². The van der Waals surface area contributed by atoms with Gasteiger partial charge >= 0.3 is 6.18 Å². The molecule has 0 amide bonds. The Bertz CT molecular complexity index is 243. The molecule has 0 nitrogen and oxygen atoms in total. The van der Waals surface area contributed by atoms with E-state index >= 15 is 0 Å². The van der Waals surface area contributed by atoms with E-state index in [1.54, 1.807) is 0 Å². The van der Waals surface area contributed by atoms with E-state index in [9.17, 15) is 13.2 Å². The Morgan fingerprint density at radius 2 is 1.92 bits per heavy atom. The average molecular weight is 188 g/mol. The van der Waals surface area contributed by atoms with Gasteiger partial charge in [0.05, 0.1) is 0 Å². The molecule has 0 aromatic heterocycles. The quantitative estimate of drug-likeness (QED) is 0.549. The highest BCUT2D eigenvalue weighted by atomic mass is 19.4. The smallest absolute Gasteiger partial charge is 0.167 e. The third kappa shape index (κ3) is 4.55. The second-order valence-corrected chi connectivity index (χ2v) is 2.91. The van der Waals surface area contributed by atoms with Gasteiger partial charge < -0.3 is 0 Å². The lowest BCUT2D eigenvalue weighted by atomic mass is 10.1. The van der Waals surface area contributed by atoms with Gasteiger partial charge in [-0.15, -0.1) is 0 Å². The van der Waals surface area contributed by atoms with E-state index in [4.69, 9.17) is 0 Å². The van der Waals surface area contributed by atoms with Crippen LogP contribution in [0.4, 0.5) is 13.2 Å². The summed E-state index contributed by atoms with van der Waals surface area (Å²) in [7, 11) is 0. The minimum Gasteiger partial charge on any atom is -0.167 e. The molecule has 3 heteroatoms. The van der Waals surface area contributed by atoms with Gasteiger partial charge in [0.25, 0.3) is 0 Å². The molecule has 0 atom stereocenters. The molecule has 0 N–H and O–H groups in total. The van der Waals surface area contributed by atoms with Crippen LogP contribution >= 0.6 is 0 Å². The maximum Gasteiger partial charge on any atom is 0.409 e. The number of alkyl halides is 3. The standard InChI is InChI=1S/C10H11F3/c11-10(12,13)8-7-9-5-3-1-2-4-6-9/h1,3,6-8H,2,4-5H2/b8-7+.